The summed E-state index contributed by atoms with van der Waals surface area (Å²) in [6.45, 7) is 2.80. The molecule has 0 saturated heterocycles. The fourth-order valence-corrected chi connectivity index (χ4v) is 1.34. The fourth-order valence-electron chi connectivity index (χ4n) is 1.34. The highest BCUT2D eigenvalue weighted by Crippen LogP contribution is 2.25. The average Bonchev–Trinajstić information content (AvgIpc) is 2.37. The molecule has 0 aromatic heterocycles. The number of ether oxygens (including phenoxy) is 2. The number of para-hydroxylation sites is 2. The van der Waals surface area contributed by atoms with Crippen LogP contribution in [0.2, 0.25) is 0 Å². The lowest BCUT2D eigenvalue weighted by atomic mass is 10.3. The molecule has 0 bridgehead atoms. The smallest absolute Gasteiger partial charge is 0.257 e. The van der Waals surface area contributed by atoms with E-state index in [4.69, 9.17) is 9.47 Å². The number of rotatable bonds is 7. The van der Waals surface area contributed by atoms with E-state index in [2.05, 4.69) is 12.2 Å². The highest BCUT2D eigenvalue weighted by atomic mass is 16.5. The Balaban J connectivity index is 2.36. The second kappa shape index (κ2) is 7.54. The second-order valence-electron chi connectivity index (χ2n) is 3.64. The average molecular weight is 237 g/mol. The van der Waals surface area contributed by atoms with Gasteiger partial charge < -0.3 is 14.8 Å². The third-order valence-corrected chi connectivity index (χ3v) is 2.28. The van der Waals surface area contributed by atoms with Crippen molar-refractivity contribution in [3.05, 3.63) is 24.3 Å². The second-order valence-corrected chi connectivity index (χ2v) is 3.64. The van der Waals surface area contributed by atoms with Gasteiger partial charge in [-0.05, 0) is 18.6 Å². The van der Waals surface area contributed by atoms with Crippen LogP contribution < -0.4 is 14.8 Å². The van der Waals surface area contributed by atoms with Gasteiger partial charge in [0, 0.05) is 6.54 Å². The van der Waals surface area contributed by atoms with Crippen LogP contribution in [0.1, 0.15) is 19.8 Å². The minimum atomic E-state index is -0.107. The molecular weight excluding hydrogens is 218 g/mol. The monoisotopic (exact) mass is 237 g/mol. The number of nitrogens with one attached hydrogen (secondary N) is 1. The van der Waals surface area contributed by atoms with E-state index in [-0.39, 0.29) is 12.5 Å². The zero-order valence-corrected chi connectivity index (χ0v) is 10.4. The molecule has 0 fully saturated rings. The van der Waals surface area contributed by atoms with Gasteiger partial charge in [-0.15, -0.1) is 0 Å². The van der Waals surface area contributed by atoms with Gasteiger partial charge in [0.05, 0.1) is 7.11 Å². The van der Waals surface area contributed by atoms with Gasteiger partial charge in [0.25, 0.3) is 5.91 Å². The van der Waals surface area contributed by atoms with Crippen LogP contribution in [0.3, 0.4) is 0 Å². The van der Waals surface area contributed by atoms with Crippen molar-refractivity contribution in [3.8, 4) is 11.5 Å². The molecule has 4 heteroatoms. The highest BCUT2D eigenvalue weighted by molar-refractivity contribution is 5.77. The van der Waals surface area contributed by atoms with Crippen LogP contribution in [0, 0.1) is 0 Å². The molecule has 1 amide bonds. The van der Waals surface area contributed by atoms with E-state index in [1.165, 1.54) is 0 Å². The molecule has 1 aromatic rings. The van der Waals surface area contributed by atoms with Crippen molar-refractivity contribution in [1.29, 1.82) is 0 Å². The summed E-state index contributed by atoms with van der Waals surface area (Å²) in [6.07, 6.45) is 2.05. The molecule has 0 spiro atoms. The van der Waals surface area contributed by atoms with Crippen LogP contribution in [0.4, 0.5) is 0 Å². The number of benzene rings is 1. The van der Waals surface area contributed by atoms with Crippen molar-refractivity contribution < 1.29 is 14.3 Å². The number of hydrogen-bond donors (Lipinski definition) is 1. The summed E-state index contributed by atoms with van der Waals surface area (Å²) in [6, 6.07) is 7.27. The van der Waals surface area contributed by atoms with Crippen LogP contribution >= 0.6 is 0 Å². The quantitative estimate of drug-likeness (QED) is 0.738. The van der Waals surface area contributed by atoms with E-state index >= 15 is 0 Å². The van der Waals surface area contributed by atoms with E-state index in [1.807, 2.05) is 12.1 Å². The first-order chi connectivity index (χ1) is 8.27. The Bertz CT molecular complexity index is 352. The van der Waals surface area contributed by atoms with Crippen LogP contribution in [-0.4, -0.2) is 26.2 Å². The van der Waals surface area contributed by atoms with Crippen LogP contribution in [0.5, 0.6) is 11.5 Å². The third kappa shape index (κ3) is 4.76. The van der Waals surface area contributed by atoms with Crippen molar-refractivity contribution in [2.24, 2.45) is 0 Å². The number of hydrogen-bond acceptors (Lipinski definition) is 3. The maximum absolute atomic E-state index is 11.4. The first-order valence-electron chi connectivity index (χ1n) is 5.80. The van der Waals surface area contributed by atoms with Gasteiger partial charge in [0.15, 0.2) is 18.1 Å². The summed E-state index contributed by atoms with van der Waals surface area (Å²) in [7, 11) is 1.57. The van der Waals surface area contributed by atoms with Crippen molar-refractivity contribution >= 4 is 5.91 Å². The Kier molecular flexibility index (Phi) is 5.93. The Morgan fingerprint density at radius 2 is 2.00 bits per heavy atom. The Labute approximate surface area is 102 Å². The van der Waals surface area contributed by atoms with Gasteiger partial charge in [0.1, 0.15) is 0 Å². The lowest BCUT2D eigenvalue weighted by molar-refractivity contribution is -0.123. The van der Waals surface area contributed by atoms with E-state index < -0.39 is 0 Å². The first-order valence-corrected chi connectivity index (χ1v) is 5.80. The SMILES string of the molecule is CCCCNC(=O)COc1ccccc1OC. The zero-order chi connectivity index (χ0) is 12.5. The minimum Gasteiger partial charge on any atom is -0.493 e. The number of carbonyl (C=O) groups is 1. The van der Waals surface area contributed by atoms with Gasteiger partial charge in [-0.25, -0.2) is 0 Å². The zero-order valence-electron chi connectivity index (χ0n) is 10.4. The van der Waals surface area contributed by atoms with E-state index in [0.717, 1.165) is 12.8 Å². The number of amides is 1. The van der Waals surface area contributed by atoms with Crippen molar-refractivity contribution in [2.75, 3.05) is 20.3 Å². The van der Waals surface area contributed by atoms with E-state index in [0.29, 0.717) is 18.0 Å². The van der Waals surface area contributed by atoms with Gasteiger partial charge in [-0.3, -0.25) is 4.79 Å². The summed E-state index contributed by atoms with van der Waals surface area (Å²) < 4.78 is 10.5. The molecule has 0 unspecified atom stereocenters. The molecule has 0 saturated carbocycles. The molecule has 1 rings (SSSR count). The maximum atomic E-state index is 11.4. The third-order valence-electron chi connectivity index (χ3n) is 2.28. The summed E-state index contributed by atoms with van der Waals surface area (Å²) in [4.78, 5) is 11.4. The van der Waals surface area contributed by atoms with Gasteiger partial charge in [0.2, 0.25) is 0 Å². The fraction of sp³-hybridized carbons (Fsp3) is 0.462. The first kappa shape index (κ1) is 13.4. The summed E-state index contributed by atoms with van der Waals surface area (Å²) in [5, 5.41) is 2.79. The summed E-state index contributed by atoms with van der Waals surface area (Å²) >= 11 is 0. The van der Waals surface area contributed by atoms with Gasteiger partial charge >= 0.3 is 0 Å². The Hall–Kier alpha value is -1.71. The summed E-state index contributed by atoms with van der Waals surface area (Å²) in [5.74, 6) is 1.11. The lowest BCUT2D eigenvalue weighted by Gasteiger charge is -2.10. The van der Waals surface area contributed by atoms with Crippen molar-refractivity contribution in [2.45, 2.75) is 19.8 Å². The molecule has 0 atom stereocenters. The molecule has 0 heterocycles. The van der Waals surface area contributed by atoms with Crippen molar-refractivity contribution in [3.63, 3.8) is 0 Å². The standard InChI is InChI=1S/C13H19NO3/c1-3-4-9-14-13(15)10-17-12-8-6-5-7-11(12)16-2/h5-8H,3-4,9-10H2,1-2H3,(H,14,15). The molecule has 17 heavy (non-hydrogen) atoms. The van der Waals surface area contributed by atoms with Crippen LogP contribution in [0.25, 0.3) is 0 Å². The Morgan fingerprint density at radius 3 is 2.65 bits per heavy atom. The Morgan fingerprint density at radius 1 is 1.29 bits per heavy atom. The molecule has 0 aliphatic carbocycles. The summed E-state index contributed by atoms with van der Waals surface area (Å²) in [5.41, 5.74) is 0. The predicted octanol–water partition coefficient (Wildman–Crippen LogP) is 1.99. The highest BCUT2D eigenvalue weighted by Gasteiger charge is 2.05. The molecule has 0 aliphatic rings. The molecule has 1 aromatic carbocycles. The van der Waals surface area contributed by atoms with E-state index in [1.54, 1.807) is 19.2 Å². The maximum Gasteiger partial charge on any atom is 0.257 e. The van der Waals surface area contributed by atoms with Gasteiger partial charge in [-0.1, -0.05) is 25.5 Å². The number of unbranched alkanes of at least 4 members (excludes halogenated alkanes) is 1. The van der Waals surface area contributed by atoms with Crippen molar-refractivity contribution in [1.82, 2.24) is 5.32 Å². The van der Waals surface area contributed by atoms with Crippen LogP contribution in [0.15, 0.2) is 24.3 Å². The molecule has 94 valence electrons. The van der Waals surface area contributed by atoms with E-state index in [9.17, 15) is 4.79 Å². The molecule has 0 radical (unpaired) electrons. The molecule has 4 nitrogen and oxygen atoms in total. The molecular formula is C13H19NO3. The number of methoxy groups -OCH3 is 1. The predicted molar refractivity (Wildman–Crippen MR) is 66.4 cm³/mol. The number of carbonyl (C=O) groups excluding carboxylic acids is 1. The topological polar surface area (TPSA) is 47.6 Å². The molecule has 1 N–H and O–H groups in total. The normalized spacial score (nSPS) is 9.76. The van der Waals surface area contributed by atoms with Gasteiger partial charge in [-0.2, -0.15) is 0 Å². The lowest BCUT2D eigenvalue weighted by Crippen LogP contribution is -2.29. The largest absolute Gasteiger partial charge is 0.493 e. The molecule has 0 aliphatic heterocycles. The minimum absolute atomic E-state index is 0.0179. The van der Waals surface area contributed by atoms with Crippen LogP contribution in [-0.2, 0) is 4.79 Å².